The lowest BCUT2D eigenvalue weighted by atomic mass is 10.1. The number of esters is 1. The molecule has 0 aromatic heterocycles. The molecule has 0 aliphatic heterocycles. The average Bonchev–Trinajstić information content (AvgIpc) is 2.81. The van der Waals surface area contributed by atoms with Crippen molar-refractivity contribution in [3.63, 3.8) is 0 Å². The van der Waals surface area contributed by atoms with E-state index < -0.39 is 23.9 Å². The van der Waals surface area contributed by atoms with Crippen LogP contribution in [0.5, 0.6) is 0 Å². The van der Waals surface area contributed by atoms with Crippen molar-refractivity contribution in [3.8, 4) is 0 Å². The van der Waals surface area contributed by atoms with Crippen LogP contribution in [0.15, 0.2) is 78.9 Å². The predicted octanol–water partition coefficient (Wildman–Crippen LogP) is 4.84. The number of amides is 3. The zero-order chi connectivity index (χ0) is 23.1. The predicted molar refractivity (Wildman–Crippen MR) is 127 cm³/mol. The maximum absolute atomic E-state index is 13.1. The normalized spacial score (nSPS) is 11.2. The van der Waals surface area contributed by atoms with Gasteiger partial charge < -0.3 is 15.4 Å². The van der Waals surface area contributed by atoms with Gasteiger partial charge in [-0.25, -0.2) is 9.59 Å². The summed E-state index contributed by atoms with van der Waals surface area (Å²) in [7, 11) is 1.29. The molecule has 7 nitrogen and oxygen atoms in total. The summed E-state index contributed by atoms with van der Waals surface area (Å²) in [5.41, 5.74) is 3.07. The first-order valence-electron chi connectivity index (χ1n) is 9.79. The van der Waals surface area contributed by atoms with Gasteiger partial charge in [0.2, 0.25) is 0 Å². The fraction of sp³-hybridized carbons (Fsp3) is 0.125. The quantitative estimate of drug-likeness (QED) is 0.371. The molecule has 164 valence electrons. The molecule has 2 N–H and O–H groups in total. The lowest BCUT2D eigenvalue weighted by molar-refractivity contribution is -0.119. The smallest absolute Gasteiger partial charge is 0.337 e. The van der Waals surface area contributed by atoms with Gasteiger partial charge in [-0.15, -0.1) is 0 Å². The highest BCUT2D eigenvalue weighted by molar-refractivity contribution is 7.78. The van der Waals surface area contributed by atoms with E-state index >= 15 is 0 Å². The van der Waals surface area contributed by atoms with Crippen LogP contribution in [-0.2, 0) is 9.53 Å². The molecular formula is C24H23N3O4S. The molecule has 0 fully saturated rings. The molecule has 3 amide bonds. The summed E-state index contributed by atoms with van der Waals surface area (Å²) in [6, 6.07) is 20.8. The number of thiol groups is 1. The first-order chi connectivity index (χ1) is 15.4. The lowest BCUT2D eigenvalue weighted by Crippen LogP contribution is -2.37. The Morgan fingerprint density at radius 2 is 1.41 bits per heavy atom. The molecule has 8 heteroatoms. The number of anilines is 2. The van der Waals surface area contributed by atoms with Gasteiger partial charge in [-0.05, 0) is 48.9 Å². The molecule has 1 unspecified atom stereocenters. The van der Waals surface area contributed by atoms with Crippen molar-refractivity contribution in [2.45, 2.75) is 13.0 Å². The van der Waals surface area contributed by atoms with E-state index in [0.29, 0.717) is 22.5 Å². The largest absolute Gasteiger partial charge is 0.465 e. The Labute approximate surface area is 191 Å². The Balaban J connectivity index is 1.79. The van der Waals surface area contributed by atoms with Gasteiger partial charge in [0.1, 0.15) is 6.04 Å². The average molecular weight is 450 g/mol. The molecule has 0 spiro atoms. The van der Waals surface area contributed by atoms with Crippen LogP contribution >= 0.6 is 12.8 Å². The van der Waals surface area contributed by atoms with Crippen LogP contribution < -0.4 is 10.6 Å². The minimum atomic E-state index is -0.991. The Kier molecular flexibility index (Phi) is 7.51. The van der Waals surface area contributed by atoms with Crippen LogP contribution in [0.25, 0.3) is 0 Å². The summed E-state index contributed by atoms with van der Waals surface area (Å²) in [6.07, 6.45) is 0. The number of rotatable bonds is 6. The standard InChI is InChI=1S/C24H23N3O4S/c1-16-8-12-19(13-9-16)25-22(28)21(17-6-4-3-5-7-17)27(32)24(30)26-20-14-10-18(11-15-20)23(29)31-2/h3-15,21,32H,1-2H3,(H,25,28)(H,26,30). The summed E-state index contributed by atoms with van der Waals surface area (Å²) < 4.78 is 5.70. The van der Waals surface area contributed by atoms with Crippen molar-refractivity contribution in [1.82, 2.24) is 4.31 Å². The monoisotopic (exact) mass is 449 g/mol. The van der Waals surface area contributed by atoms with Crippen LogP contribution in [0.3, 0.4) is 0 Å². The first-order valence-corrected chi connectivity index (χ1v) is 10.2. The molecule has 0 saturated heterocycles. The Morgan fingerprint density at radius 3 is 2.00 bits per heavy atom. The number of aryl methyl sites for hydroxylation is 1. The van der Waals surface area contributed by atoms with Gasteiger partial charge in [0.15, 0.2) is 0 Å². The van der Waals surface area contributed by atoms with E-state index in [0.717, 1.165) is 9.87 Å². The molecule has 0 radical (unpaired) electrons. The van der Waals surface area contributed by atoms with Crippen molar-refractivity contribution >= 4 is 42.1 Å². The molecular weight excluding hydrogens is 426 g/mol. The summed E-state index contributed by atoms with van der Waals surface area (Å²) in [5, 5.41) is 5.51. The van der Waals surface area contributed by atoms with Crippen LogP contribution in [0.2, 0.25) is 0 Å². The number of ether oxygens (including phenoxy) is 1. The van der Waals surface area contributed by atoms with Gasteiger partial charge in [0, 0.05) is 11.4 Å². The number of nitrogens with zero attached hydrogens (tertiary/aromatic N) is 1. The fourth-order valence-corrected chi connectivity index (χ4v) is 3.28. The zero-order valence-electron chi connectivity index (χ0n) is 17.6. The van der Waals surface area contributed by atoms with Gasteiger partial charge in [-0.1, -0.05) is 60.8 Å². The molecule has 0 aliphatic carbocycles. The van der Waals surface area contributed by atoms with Gasteiger partial charge in [-0.2, -0.15) is 0 Å². The SMILES string of the molecule is COC(=O)c1ccc(NC(=O)N(S)C(C(=O)Nc2ccc(C)cc2)c2ccccc2)cc1. The van der Waals surface area contributed by atoms with E-state index in [1.165, 1.54) is 19.2 Å². The second-order valence-corrected chi connectivity index (χ2v) is 7.44. The van der Waals surface area contributed by atoms with E-state index in [1.54, 1.807) is 48.5 Å². The zero-order valence-corrected chi connectivity index (χ0v) is 18.5. The lowest BCUT2D eigenvalue weighted by Gasteiger charge is -2.26. The van der Waals surface area contributed by atoms with E-state index in [9.17, 15) is 14.4 Å². The number of hydrogen-bond acceptors (Lipinski definition) is 5. The van der Waals surface area contributed by atoms with Crippen molar-refractivity contribution in [2.24, 2.45) is 0 Å². The van der Waals surface area contributed by atoms with Crippen LogP contribution in [0.1, 0.15) is 27.5 Å². The molecule has 0 heterocycles. The fourth-order valence-electron chi connectivity index (χ4n) is 2.99. The van der Waals surface area contributed by atoms with Gasteiger partial charge in [0.05, 0.1) is 12.7 Å². The molecule has 3 aromatic rings. The highest BCUT2D eigenvalue weighted by atomic mass is 32.1. The third-order valence-corrected chi connectivity index (χ3v) is 5.11. The summed E-state index contributed by atoms with van der Waals surface area (Å²) in [4.78, 5) is 37.6. The topological polar surface area (TPSA) is 87.7 Å². The Bertz CT molecular complexity index is 1090. The second-order valence-electron chi connectivity index (χ2n) is 7.01. The van der Waals surface area contributed by atoms with E-state index in [1.807, 2.05) is 25.1 Å². The summed E-state index contributed by atoms with van der Waals surface area (Å²) >= 11 is 4.34. The van der Waals surface area contributed by atoms with Crippen molar-refractivity contribution in [2.75, 3.05) is 17.7 Å². The molecule has 0 aliphatic rings. The van der Waals surface area contributed by atoms with Crippen LogP contribution in [0, 0.1) is 6.92 Å². The maximum Gasteiger partial charge on any atom is 0.337 e. The minimum absolute atomic E-state index is 0.355. The molecule has 1 atom stereocenters. The van der Waals surface area contributed by atoms with Crippen molar-refractivity contribution in [3.05, 3.63) is 95.6 Å². The van der Waals surface area contributed by atoms with E-state index in [4.69, 9.17) is 0 Å². The van der Waals surface area contributed by atoms with Gasteiger partial charge in [0.25, 0.3) is 5.91 Å². The van der Waals surface area contributed by atoms with Crippen LogP contribution in [-0.4, -0.2) is 29.3 Å². The second kappa shape index (κ2) is 10.5. The number of urea groups is 1. The number of carbonyl (C=O) groups is 3. The number of carbonyl (C=O) groups excluding carboxylic acids is 3. The highest BCUT2D eigenvalue weighted by Crippen LogP contribution is 2.26. The number of methoxy groups -OCH3 is 1. The highest BCUT2D eigenvalue weighted by Gasteiger charge is 2.30. The number of hydrogen-bond donors (Lipinski definition) is 3. The Morgan fingerprint density at radius 1 is 0.844 bits per heavy atom. The van der Waals surface area contributed by atoms with Crippen molar-refractivity contribution in [1.29, 1.82) is 0 Å². The molecule has 0 saturated carbocycles. The third-order valence-electron chi connectivity index (χ3n) is 4.69. The van der Waals surface area contributed by atoms with Gasteiger partial charge in [-0.3, -0.25) is 9.10 Å². The molecule has 0 bridgehead atoms. The number of nitrogens with one attached hydrogen (secondary N) is 2. The Hall–Kier alpha value is -3.78. The van der Waals surface area contributed by atoms with E-state index in [-0.39, 0.29) is 0 Å². The molecule has 32 heavy (non-hydrogen) atoms. The van der Waals surface area contributed by atoms with Crippen LogP contribution in [0.4, 0.5) is 16.2 Å². The summed E-state index contributed by atoms with van der Waals surface area (Å²) in [5.74, 6) is -0.887. The van der Waals surface area contributed by atoms with Gasteiger partial charge >= 0.3 is 12.0 Å². The minimum Gasteiger partial charge on any atom is -0.465 e. The molecule has 3 aromatic carbocycles. The third kappa shape index (κ3) is 5.67. The van der Waals surface area contributed by atoms with Crippen molar-refractivity contribution < 1.29 is 19.1 Å². The summed E-state index contributed by atoms with van der Waals surface area (Å²) in [6.45, 7) is 1.95. The van der Waals surface area contributed by atoms with E-state index in [2.05, 4.69) is 28.2 Å². The maximum atomic E-state index is 13.1. The molecule has 3 rings (SSSR count). The first kappa shape index (κ1) is 22.9. The number of benzene rings is 3.